The second kappa shape index (κ2) is 4.44. The molecule has 1 aromatic rings. The molecule has 5 heteroatoms. The zero-order valence-electron chi connectivity index (χ0n) is 6.88. The molecule has 1 atom stereocenters. The van der Waals surface area contributed by atoms with Gasteiger partial charge in [-0.25, -0.2) is 0 Å². The van der Waals surface area contributed by atoms with E-state index in [4.69, 9.17) is 16.7 Å². The van der Waals surface area contributed by atoms with Crippen LogP contribution < -0.4 is 0 Å². The van der Waals surface area contributed by atoms with Crippen LogP contribution in [0.4, 0.5) is 0 Å². The van der Waals surface area contributed by atoms with Gasteiger partial charge in [-0.05, 0) is 28.4 Å². The molecule has 0 aromatic carbocycles. The highest BCUT2D eigenvalue weighted by Gasteiger charge is 2.20. The molecule has 1 aromatic heterocycles. The second-order valence-corrected chi connectivity index (χ2v) is 5.11. The molecular formula is C8H8BrClO2S. The van der Waals surface area contributed by atoms with Gasteiger partial charge in [0.15, 0.2) is 0 Å². The predicted octanol–water partition coefficient (Wildman–Crippen LogP) is 3.74. The molecule has 0 spiro atoms. The van der Waals surface area contributed by atoms with Crippen LogP contribution in [0.1, 0.15) is 24.1 Å². The van der Waals surface area contributed by atoms with Crippen molar-refractivity contribution in [3.63, 3.8) is 0 Å². The minimum Gasteiger partial charge on any atom is -0.481 e. The zero-order chi connectivity index (χ0) is 10.0. The summed E-state index contributed by atoms with van der Waals surface area (Å²) in [6, 6.07) is 1.77. The Hall–Kier alpha value is -0.0600. The molecule has 0 aliphatic carbocycles. The molecule has 13 heavy (non-hydrogen) atoms. The minimum atomic E-state index is -0.798. The monoisotopic (exact) mass is 282 g/mol. The summed E-state index contributed by atoms with van der Waals surface area (Å²) in [4.78, 5) is 11.6. The van der Waals surface area contributed by atoms with Gasteiger partial charge in [-0.1, -0.05) is 18.5 Å². The number of carboxylic acids is 1. The lowest BCUT2D eigenvalue weighted by molar-refractivity contribution is -0.138. The average Bonchev–Trinajstić information content (AvgIpc) is 2.32. The third kappa shape index (κ3) is 2.45. The highest BCUT2D eigenvalue weighted by molar-refractivity contribution is 9.10. The molecule has 72 valence electrons. The number of hydrogen-bond donors (Lipinski definition) is 1. The van der Waals surface area contributed by atoms with Gasteiger partial charge < -0.3 is 5.11 Å². The van der Waals surface area contributed by atoms with E-state index in [1.165, 1.54) is 11.3 Å². The Morgan fingerprint density at radius 1 is 1.85 bits per heavy atom. The highest BCUT2D eigenvalue weighted by atomic mass is 79.9. The predicted molar refractivity (Wildman–Crippen MR) is 57.7 cm³/mol. The van der Waals surface area contributed by atoms with Crippen molar-refractivity contribution in [2.75, 3.05) is 0 Å². The second-order valence-electron chi connectivity index (χ2n) is 2.57. The third-order valence-corrected chi connectivity index (χ3v) is 4.30. The van der Waals surface area contributed by atoms with E-state index in [9.17, 15) is 4.79 Å². The summed E-state index contributed by atoms with van der Waals surface area (Å²) in [7, 11) is 0. The molecule has 1 rings (SSSR count). The van der Waals surface area contributed by atoms with Gasteiger partial charge in [-0.3, -0.25) is 4.79 Å². The topological polar surface area (TPSA) is 37.3 Å². The van der Waals surface area contributed by atoms with Crippen molar-refractivity contribution in [1.29, 1.82) is 0 Å². The number of rotatable bonds is 3. The summed E-state index contributed by atoms with van der Waals surface area (Å²) < 4.78 is 1.38. The van der Waals surface area contributed by atoms with Gasteiger partial charge in [0, 0.05) is 9.35 Å². The number of carboxylic acid groups (broad SMARTS) is 1. The maximum Gasteiger partial charge on any atom is 0.311 e. The van der Waals surface area contributed by atoms with Gasteiger partial charge >= 0.3 is 5.97 Å². The summed E-state index contributed by atoms with van der Waals surface area (Å²) in [5.41, 5.74) is 0. The van der Waals surface area contributed by atoms with Crippen LogP contribution in [0.5, 0.6) is 0 Å². The maximum atomic E-state index is 10.8. The van der Waals surface area contributed by atoms with E-state index >= 15 is 0 Å². The molecule has 1 unspecified atom stereocenters. The van der Waals surface area contributed by atoms with E-state index < -0.39 is 11.9 Å². The van der Waals surface area contributed by atoms with Crippen LogP contribution in [0.15, 0.2) is 10.5 Å². The average molecular weight is 284 g/mol. The Bertz CT molecular complexity index is 304. The number of hydrogen-bond acceptors (Lipinski definition) is 2. The molecule has 1 heterocycles. The molecule has 0 saturated heterocycles. The van der Waals surface area contributed by atoms with Crippen molar-refractivity contribution < 1.29 is 9.90 Å². The molecular weight excluding hydrogens is 276 g/mol. The van der Waals surface area contributed by atoms with Gasteiger partial charge in [-0.15, -0.1) is 11.3 Å². The van der Waals surface area contributed by atoms with Crippen molar-refractivity contribution in [2.45, 2.75) is 19.3 Å². The Morgan fingerprint density at radius 3 is 2.77 bits per heavy atom. The first-order valence-corrected chi connectivity index (χ1v) is 5.72. The smallest absolute Gasteiger partial charge is 0.311 e. The summed E-state index contributed by atoms with van der Waals surface area (Å²) in [5.74, 6) is -1.23. The lowest BCUT2D eigenvalue weighted by Crippen LogP contribution is -2.08. The standard InChI is InChI=1S/C8H8BrClO2S/c1-2-4(8(11)12)6-3-5(9)7(10)13-6/h3-4H,2H2,1H3,(H,11,12). The Morgan fingerprint density at radius 2 is 2.46 bits per heavy atom. The van der Waals surface area contributed by atoms with Crippen LogP contribution in [0.3, 0.4) is 0 Å². The molecule has 0 fully saturated rings. The summed E-state index contributed by atoms with van der Waals surface area (Å²) in [5, 5.41) is 8.88. The number of carbonyl (C=O) groups is 1. The van der Waals surface area contributed by atoms with Crippen molar-refractivity contribution in [2.24, 2.45) is 0 Å². The fraction of sp³-hybridized carbons (Fsp3) is 0.375. The lowest BCUT2D eigenvalue weighted by Gasteiger charge is -2.05. The Balaban J connectivity index is 2.98. The van der Waals surface area contributed by atoms with Gasteiger partial charge in [0.2, 0.25) is 0 Å². The fourth-order valence-electron chi connectivity index (χ4n) is 1.03. The van der Waals surface area contributed by atoms with Gasteiger partial charge in [-0.2, -0.15) is 0 Å². The molecule has 0 aliphatic rings. The van der Waals surface area contributed by atoms with Crippen LogP contribution in [0.25, 0.3) is 0 Å². The first kappa shape index (κ1) is 11.0. The van der Waals surface area contributed by atoms with Crippen LogP contribution in [0.2, 0.25) is 4.34 Å². The van der Waals surface area contributed by atoms with Gasteiger partial charge in [0.25, 0.3) is 0 Å². The molecule has 2 nitrogen and oxygen atoms in total. The van der Waals surface area contributed by atoms with Crippen molar-refractivity contribution in [3.8, 4) is 0 Å². The first-order valence-electron chi connectivity index (χ1n) is 3.73. The quantitative estimate of drug-likeness (QED) is 0.917. The van der Waals surface area contributed by atoms with Crippen molar-refractivity contribution in [3.05, 3.63) is 19.8 Å². The molecule has 0 aliphatic heterocycles. The van der Waals surface area contributed by atoms with E-state index in [2.05, 4.69) is 15.9 Å². The van der Waals surface area contributed by atoms with Crippen LogP contribution in [0, 0.1) is 0 Å². The minimum absolute atomic E-state index is 0.436. The first-order chi connectivity index (χ1) is 6.06. The van der Waals surface area contributed by atoms with Crippen molar-refractivity contribution >= 4 is 44.8 Å². The Kier molecular flexibility index (Phi) is 3.76. The highest BCUT2D eigenvalue weighted by Crippen LogP contribution is 2.36. The SMILES string of the molecule is CCC(C(=O)O)c1cc(Br)c(Cl)s1. The molecule has 0 radical (unpaired) electrons. The van der Waals surface area contributed by atoms with Gasteiger partial charge in [0.05, 0.1) is 5.92 Å². The number of aliphatic carboxylic acids is 1. The summed E-state index contributed by atoms with van der Waals surface area (Å²) >= 11 is 10.4. The van der Waals surface area contributed by atoms with Crippen LogP contribution in [-0.4, -0.2) is 11.1 Å². The maximum absolute atomic E-state index is 10.8. The summed E-state index contributed by atoms with van der Waals surface area (Å²) in [6.07, 6.45) is 0.582. The lowest BCUT2D eigenvalue weighted by atomic mass is 10.1. The van der Waals surface area contributed by atoms with Crippen LogP contribution >= 0.6 is 38.9 Å². The van der Waals surface area contributed by atoms with E-state index in [1.807, 2.05) is 6.92 Å². The normalized spacial score (nSPS) is 12.8. The number of thiophene rings is 1. The summed E-state index contributed by atoms with van der Waals surface area (Å²) in [6.45, 7) is 1.85. The molecule has 0 saturated carbocycles. The van der Waals surface area contributed by atoms with E-state index in [1.54, 1.807) is 6.07 Å². The van der Waals surface area contributed by atoms with Gasteiger partial charge in [0.1, 0.15) is 4.34 Å². The van der Waals surface area contributed by atoms with E-state index in [0.717, 1.165) is 9.35 Å². The Labute approximate surface area is 93.7 Å². The van der Waals surface area contributed by atoms with E-state index in [0.29, 0.717) is 10.8 Å². The van der Waals surface area contributed by atoms with E-state index in [-0.39, 0.29) is 0 Å². The molecule has 1 N–H and O–H groups in total. The number of halogens is 2. The van der Waals surface area contributed by atoms with Crippen molar-refractivity contribution in [1.82, 2.24) is 0 Å². The van der Waals surface area contributed by atoms with Crippen LogP contribution in [-0.2, 0) is 4.79 Å². The largest absolute Gasteiger partial charge is 0.481 e. The third-order valence-electron chi connectivity index (χ3n) is 1.71. The fourth-order valence-corrected chi connectivity index (χ4v) is 2.95. The molecule has 0 amide bonds. The molecule has 0 bridgehead atoms. The zero-order valence-corrected chi connectivity index (χ0v) is 10.0.